The highest BCUT2D eigenvalue weighted by atomic mass is 32.2. The van der Waals surface area contributed by atoms with Crippen LogP contribution in [0.2, 0.25) is 0 Å². The molecular formula is C24H33N5O3S. The van der Waals surface area contributed by atoms with Gasteiger partial charge in [0.25, 0.3) is 5.91 Å². The van der Waals surface area contributed by atoms with Crippen LogP contribution in [0.4, 0.5) is 0 Å². The Morgan fingerprint density at radius 1 is 1.27 bits per heavy atom. The number of nitrogens with zero attached hydrogens (tertiary/aromatic N) is 4. The molecule has 1 aliphatic heterocycles. The number of nitrogens with one attached hydrogen (secondary N) is 1. The van der Waals surface area contributed by atoms with Gasteiger partial charge in [-0.15, -0.1) is 0 Å². The van der Waals surface area contributed by atoms with E-state index in [4.69, 9.17) is 9.72 Å². The molecule has 1 aromatic carbocycles. The average Bonchev–Trinajstić information content (AvgIpc) is 3.34. The van der Waals surface area contributed by atoms with Crippen LogP contribution in [0.15, 0.2) is 29.3 Å². The number of carbonyl (C=O) groups is 1. The number of amides is 1. The Labute approximate surface area is 197 Å². The lowest BCUT2D eigenvalue weighted by molar-refractivity contribution is 0.0611. The number of carbonyl (C=O) groups excluding carboxylic acids is 1. The molecule has 1 amide bonds. The normalized spacial score (nSPS) is 16.3. The molecule has 3 aromatic rings. The Morgan fingerprint density at radius 3 is 2.67 bits per heavy atom. The third-order valence-corrected chi connectivity index (χ3v) is 7.19. The van der Waals surface area contributed by atoms with Gasteiger partial charge in [0, 0.05) is 31.7 Å². The third-order valence-electron chi connectivity index (χ3n) is 6.00. The highest BCUT2D eigenvalue weighted by Gasteiger charge is 2.26. The fourth-order valence-corrected chi connectivity index (χ4v) is 5.28. The second kappa shape index (κ2) is 9.38. The molecule has 1 saturated heterocycles. The van der Waals surface area contributed by atoms with Gasteiger partial charge in [-0.25, -0.2) is 9.19 Å². The number of hydrogen-bond donors (Lipinski definition) is 1. The minimum absolute atomic E-state index is 0.121. The highest BCUT2D eigenvalue weighted by molar-refractivity contribution is 7.83. The number of aryl methyl sites for hydroxylation is 1. The predicted molar refractivity (Wildman–Crippen MR) is 129 cm³/mol. The summed E-state index contributed by atoms with van der Waals surface area (Å²) in [5, 5.41) is 7.09. The van der Waals surface area contributed by atoms with Crippen molar-refractivity contribution in [3.63, 3.8) is 0 Å². The molecule has 2 aromatic heterocycles. The maximum absolute atomic E-state index is 13.3. The fourth-order valence-electron chi connectivity index (χ4n) is 4.27. The van der Waals surface area contributed by atoms with Gasteiger partial charge in [-0.1, -0.05) is 20.8 Å². The summed E-state index contributed by atoms with van der Waals surface area (Å²) in [4.78, 5) is 17.8. The molecule has 3 heterocycles. The predicted octanol–water partition coefficient (Wildman–Crippen LogP) is 3.59. The van der Waals surface area contributed by atoms with Gasteiger partial charge in [-0.2, -0.15) is 9.19 Å². The molecule has 8 nitrogen and oxygen atoms in total. The zero-order chi connectivity index (χ0) is 23.8. The first-order valence-electron chi connectivity index (χ1n) is 11.5. The zero-order valence-corrected chi connectivity index (χ0v) is 20.9. The van der Waals surface area contributed by atoms with Crippen LogP contribution >= 0.6 is 0 Å². The molecule has 0 aliphatic carbocycles. The first kappa shape index (κ1) is 23.6. The average molecular weight is 472 g/mol. The summed E-state index contributed by atoms with van der Waals surface area (Å²) >= 11 is 0. The molecule has 33 heavy (non-hydrogen) atoms. The lowest BCUT2D eigenvalue weighted by Gasteiger charge is -2.26. The van der Waals surface area contributed by atoms with Crippen LogP contribution in [0, 0.1) is 12.8 Å². The third kappa shape index (κ3) is 4.89. The smallest absolute Gasteiger partial charge is 0.254 e. The number of benzene rings is 1. The Hall–Kier alpha value is -2.52. The Morgan fingerprint density at radius 2 is 2.00 bits per heavy atom. The summed E-state index contributed by atoms with van der Waals surface area (Å²) < 4.78 is 22.5. The largest absolute Gasteiger partial charge is 0.381 e. The monoisotopic (exact) mass is 471 g/mol. The summed E-state index contributed by atoms with van der Waals surface area (Å²) in [7, 11) is -1.58. The molecule has 0 radical (unpaired) electrons. The van der Waals surface area contributed by atoms with Crippen LogP contribution in [0.5, 0.6) is 0 Å². The van der Waals surface area contributed by atoms with Gasteiger partial charge in [-0.05, 0) is 50.8 Å². The van der Waals surface area contributed by atoms with Gasteiger partial charge in [0.05, 0.1) is 33.4 Å². The van der Waals surface area contributed by atoms with Crippen molar-refractivity contribution in [1.82, 2.24) is 24.1 Å². The van der Waals surface area contributed by atoms with Crippen molar-refractivity contribution in [2.75, 3.05) is 19.8 Å². The van der Waals surface area contributed by atoms with Gasteiger partial charge in [0.2, 0.25) is 0 Å². The molecule has 1 unspecified atom stereocenters. The first-order valence-corrected chi connectivity index (χ1v) is 12.6. The van der Waals surface area contributed by atoms with Gasteiger partial charge in [-0.3, -0.25) is 4.79 Å². The van der Waals surface area contributed by atoms with Crippen molar-refractivity contribution < 1.29 is 13.7 Å². The summed E-state index contributed by atoms with van der Waals surface area (Å²) in [6, 6.07) is 5.75. The minimum Gasteiger partial charge on any atom is -0.381 e. The summed E-state index contributed by atoms with van der Waals surface area (Å²) in [6.07, 6.45) is 3.65. The molecule has 0 spiro atoms. The summed E-state index contributed by atoms with van der Waals surface area (Å²) in [5.41, 5.74) is 2.73. The van der Waals surface area contributed by atoms with Crippen LogP contribution < -0.4 is 5.32 Å². The van der Waals surface area contributed by atoms with Crippen LogP contribution in [-0.4, -0.2) is 48.6 Å². The number of aromatic nitrogens is 4. The number of ether oxygens (including phenoxy) is 1. The van der Waals surface area contributed by atoms with E-state index < -0.39 is 11.0 Å². The van der Waals surface area contributed by atoms with Crippen LogP contribution in [0.25, 0.3) is 11.0 Å². The lowest BCUT2D eigenvalue weighted by atomic mass is 9.94. The molecule has 1 aliphatic rings. The van der Waals surface area contributed by atoms with E-state index in [1.807, 2.05) is 25.1 Å². The van der Waals surface area contributed by atoms with E-state index in [9.17, 15) is 9.00 Å². The first-order chi connectivity index (χ1) is 15.7. The molecule has 1 fully saturated rings. The lowest BCUT2D eigenvalue weighted by Crippen LogP contribution is -2.25. The van der Waals surface area contributed by atoms with Crippen molar-refractivity contribution in [2.24, 2.45) is 5.92 Å². The van der Waals surface area contributed by atoms with Crippen LogP contribution in [0.1, 0.15) is 62.4 Å². The van der Waals surface area contributed by atoms with E-state index in [2.05, 4.69) is 35.8 Å². The Bertz CT molecular complexity index is 1180. The van der Waals surface area contributed by atoms with E-state index in [-0.39, 0.29) is 11.3 Å². The SMILES string of the molecule is CCNC(=O)c1cn(S(=O)c2ccc3c(c2)nc(C(C)(C)C)n3CC2CCOCC2)nc1C. The van der Waals surface area contributed by atoms with Crippen molar-refractivity contribution in [1.29, 1.82) is 0 Å². The number of imidazole rings is 1. The quantitative estimate of drug-likeness (QED) is 0.593. The topological polar surface area (TPSA) is 91.0 Å². The Kier molecular flexibility index (Phi) is 6.72. The number of fused-ring (bicyclic) bond motifs is 1. The van der Waals surface area contributed by atoms with Gasteiger partial charge in [0.15, 0.2) is 11.0 Å². The number of rotatable bonds is 6. The van der Waals surface area contributed by atoms with Gasteiger partial charge < -0.3 is 14.6 Å². The second-order valence-corrected chi connectivity index (χ2v) is 11.0. The van der Waals surface area contributed by atoms with E-state index in [0.29, 0.717) is 28.6 Å². The van der Waals surface area contributed by atoms with Crippen molar-refractivity contribution in [2.45, 2.75) is 64.3 Å². The maximum atomic E-state index is 13.3. The standard InChI is InChI=1S/C24H33N5O3S/c1-6-25-22(30)19-15-29(27-16(19)2)33(31)18-7-8-21-20(13-18)26-23(24(3,4)5)28(21)14-17-9-11-32-12-10-17/h7-8,13,15,17H,6,9-12,14H2,1-5H3,(H,25,30). The second-order valence-electron chi connectivity index (χ2n) is 9.64. The van der Waals surface area contributed by atoms with Crippen molar-refractivity contribution >= 4 is 27.9 Å². The maximum Gasteiger partial charge on any atom is 0.254 e. The van der Waals surface area contributed by atoms with E-state index in [1.54, 1.807) is 13.1 Å². The molecule has 0 saturated carbocycles. The van der Waals surface area contributed by atoms with Crippen molar-refractivity contribution in [3.8, 4) is 0 Å². The molecule has 1 atom stereocenters. The van der Waals surface area contributed by atoms with E-state index in [1.165, 1.54) is 4.09 Å². The summed E-state index contributed by atoms with van der Waals surface area (Å²) in [6.45, 7) is 13.2. The van der Waals surface area contributed by atoms with Crippen molar-refractivity contribution in [3.05, 3.63) is 41.5 Å². The van der Waals surface area contributed by atoms with Gasteiger partial charge >= 0.3 is 0 Å². The zero-order valence-electron chi connectivity index (χ0n) is 20.1. The molecule has 4 rings (SSSR count). The number of hydrogen-bond acceptors (Lipinski definition) is 5. The molecule has 9 heteroatoms. The van der Waals surface area contributed by atoms with E-state index in [0.717, 1.165) is 49.5 Å². The van der Waals surface area contributed by atoms with Gasteiger partial charge in [0.1, 0.15) is 5.82 Å². The molecular weight excluding hydrogens is 438 g/mol. The summed E-state index contributed by atoms with van der Waals surface area (Å²) in [5.74, 6) is 1.38. The Balaban J connectivity index is 1.69. The minimum atomic E-state index is -1.58. The molecule has 1 N–H and O–H groups in total. The van der Waals surface area contributed by atoms with Crippen LogP contribution in [0.3, 0.4) is 0 Å². The molecule has 178 valence electrons. The van der Waals surface area contributed by atoms with Crippen LogP contribution in [-0.2, 0) is 27.7 Å². The fraction of sp³-hybridized carbons (Fsp3) is 0.542. The van der Waals surface area contributed by atoms with E-state index >= 15 is 0 Å². The highest BCUT2D eigenvalue weighted by Crippen LogP contribution is 2.30. The molecule has 0 bridgehead atoms.